The maximum atomic E-state index is 13.2. The van der Waals surface area contributed by atoms with Crippen molar-refractivity contribution in [2.75, 3.05) is 18.6 Å². The lowest BCUT2D eigenvalue weighted by molar-refractivity contribution is -0.384. The van der Waals surface area contributed by atoms with Crippen molar-refractivity contribution >= 4 is 45.8 Å². The summed E-state index contributed by atoms with van der Waals surface area (Å²) in [4.78, 5) is 62.0. The van der Waals surface area contributed by atoms with Gasteiger partial charge in [-0.15, -0.1) is 0 Å². The molecule has 1 fully saturated rings. The number of nitrogens with zero attached hydrogens (tertiary/aromatic N) is 3. The number of nitro groups is 1. The monoisotopic (exact) mass is 506 g/mol. The average Bonchev–Trinajstić information content (AvgIpc) is 3.18. The predicted molar refractivity (Wildman–Crippen MR) is 131 cm³/mol. The first-order valence-electron chi connectivity index (χ1n) is 11.1. The molecule has 0 bridgehead atoms. The van der Waals surface area contributed by atoms with Gasteiger partial charge < -0.3 is 9.47 Å². The number of non-ortho nitro benzene ring substituents is 1. The summed E-state index contributed by atoms with van der Waals surface area (Å²) < 4.78 is 10.7. The number of nitro benzene ring substituents is 1. The molecule has 1 atom stereocenters. The minimum atomic E-state index is -1.32. The van der Waals surface area contributed by atoms with E-state index in [0.717, 1.165) is 39.7 Å². The van der Waals surface area contributed by atoms with Gasteiger partial charge in [0.1, 0.15) is 17.5 Å². The van der Waals surface area contributed by atoms with Crippen LogP contribution in [0.5, 0.6) is 11.5 Å². The van der Waals surface area contributed by atoms with Crippen LogP contribution in [0.15, 0.2) is 60.7 Å². The van der Waals surface area contributed by atoms with E-state index in [4.69, 9.17) is 9.47 Å². The van der Waals surface area contributed by atoms with Crippen molar-refractivity contribution < 1.29 is 33.6 Å². The SMILES string of the molecule is COc1cc([N+](=O)[O-])ccc1N1C(=O)CC(N(NC(=O)COc2ccc3ccccc3c2)C(C)=O)C1=O. The number of benzene rings is 3. The molecule has 0 radical (unpaired) electrons. The molecule has 3 aromatic rings. The van der Waals surface area contributed by atoms with E-state index >= 15 is 0 Å². The van der Waals surface area contributed by atoms with Crippen LogP contribution in [0.2, 0.25) is 0 Å². The maximum Gasteiger partial charge on any atom is 0.276 e. The molecule has 0 spiro atoms. The number of amides is 4. The highest BCUT2D eigenvalue weighted by Crippen LogP contribution is 2.35. The Bertz CT molecular complexity index is 1420. The molecule has 0 aliphatic carbocycles. The summed E-state index contributed by atoms with van der Waals surface area (Å²) in [6, 6.07) is 15.0. The van der Waals surface area contributed by atoms with Crippen LogP contribution >= 0.6 is 0 Å². The van der Waals surface area contributed by atoms with E-state index in [1.807, 2.05) is 30.3 Å². The Kier molecular flexibility index (Phi) is 7.00. The number of nitrogens with one attached hydrogen (secondary N) is 1. The van der Waals surface area contributed by atoms with Crippen LogP contribution < -0.4 is 19.8 Å². The zero-order chi connectivity index (χ0) is 26.7. The maximum absolute atomic E-state index is 13.2. The lowest BCUT2D eigenvalue weighted by atomic mass is 10.1. The highest BCUT2D eigenvalue weighted by molar-refractivity contribution is 6.23. The minimum Gasteiger partial charge on any atom is -0.494 e. The molecule has 190 valence electrons. The number of methoxy groups -OCH3 is 1. The van der Waals surface area contributed by atoms with Gasteiger partial charge in [0.15, 0.2) is 6.61 Å². The number of fused-ring (bicyclic) bond motifs is 1. The zero-order valence-corrected chi connectivity index (χ0v) is 19.9. The van der Waals surface area contributed by atoms with Crippen molar-refractivity contribution in [2.45, 2.75) is 19.4 Å². The summed E-state index contributed by atoms with van der Waals surface area (Å²) in [5, 5.41) is 13.8. The highest BCUT2D eigenvalue weighted by atomic mass is 16.6. The second-order valence-electron chi connectivity index (χ2n) is 8.12. The number of carbonyl (C=O) groups excluding carboxylic acids is 4. The van der Waals surface area contributed by atoms with Crippen molar-refractivity contribution in [1.82, 2.24) is 10.4 Å². The van der Waals surface area contributed by atoms with E-state index in [1.54, 1.807) is 12.1 Å². The molecular formula is C25H22N4O8. The summed E-state index contributed by atoms with van der Waals surface area (Å²) in [6.07, 6.45) is -0.412. The van der Waals surface area contributed by atoms with Crippen molar-refractivity contribution in [3.05, 3.63) is 70.8 Å². The summed E-state index contributed by atoms with van der Waals surface area (Å²) in [6.45, 7) is 0.689. The normalized spacial score (nSPS) is 15.0. The van der Waals surface area contributed by atoms with Crippen LogP contribution in [0.25, 0.3) is 10.8 Å². The Labute approximate surface area is 210 Å². The summed E-state index contributed by atoms with van der Waals surface area (Å²) in [5.41, 5.74) is 2.04. The van der Waals surface area contributed by atoms with Crippen LogP contribution in [0, 0.1) is 10.1 Å². The van der Waals surface area contributed by atoms with E-state index < -0.39 is 47.6 Å². The van der Waals surface area contributed by atoms with Crippen LogP contribution in [0.4, 0.5) is 11.4 Å². The van der Waals surface area contributed by atoms with Crippen LogP contribution in [-0.2, 0) is 19.2 Å². The first-order chi connectivity index (χ1) is 17.7. The van der Waals surface area contributed by atoms with Gasteiger partial charge in [-0.1, -0.05) is 30.3 Å². The standard InChI is InChI=1S/C25H22N4O8/c1-15(30)28(26-23(31)14-37-19-9-7-16-5-3-4-6-17(16)11-19)21-13-24(32)27(25(21)33)20-10-8-18(29(34)35)12-22(20)36-2/h3-12,21H,13-14H2,1-2H3,(H,26,31). The number of imide groups is 1. The molecule has 4 rings (SSSR count). The Morgan fingerprint density at radius 2 is 1.84 bits per heavy atom. The Morgan fingerprint density at radius 3 is 2.51 bits per heavy atom. The molecule has 3 aromatic carbocycles. The van der Waals surface area contributed by atoms with Crippen molar-refractivity contribution in [1.29, 1.82) is 0 Å². The number of hydrogen-bond donors (Lipinski definition) is 1. The topological polar surface area (TPSA) is 148 Å². The van der Waals surface area contributed by atoms with Gasteiger partial charge in [0, 0.05) is 13.0 Å². The first kappa shape index (κ1) is 25.1. The molecule has 1 aliphatic heterocycles. The molecule has 12 nitrogen and oxygen atoms in total. The lowest BCUT2D eigenvalue weighted by Gasteiger charge is -2.26. The molecule has 0 aromatic heterocycles. The number of rotatable bonds is 7. The second kappa shape index (κ2) is 10.3. The molecule has 4 amide bonds. The fourth-order valence-electron chi connectivity index (χ4n) is 3.98. The number of ether oxygens (including phenoxy) is 2. The first-order valence-corrected chi connectivity index (χ1v) is 11.1. The molecule has 0 saturated carbocycles. The summed E-state index contributed by atoms with van der Waals surface area (Å²) in [7, 11) is 1.24. The van der Waals surface area contributed by atoms with Gasteiger partial charge in [-0.3, -0.25) is 34.7 Å². The summed E-state index contributed by atoms with van der Waals surface area (Å²) in [5.74, 6) is -2.50. The van der Waals surface area contributed by atoms with Crippen molar-refractivity contribution in [3.8, 4) is 11.5 Å². The van der Waals surface area contributed by atoms with Gasteiger partial charge in [-0.25, -0.2) is 9.91 Å². The smallest absolute Gasteiger partial charge is 0.276 e. The van der Waals surface area contributed by atoms with Gasteiger partial charge in [0.2, 0.25) is 11.8 Å². The van der Waals surface area contributed by atoms with Crippen LogP contribution in [0.3, 0.4) is 0 Å². The number of anilines is 1. The van der Waals surface area contributed by atoms with E-state index in [0.29, 0.717) is 5.75 Å². The van der Waals surface area contributed by atoms with E-state index in [-0.39, 0.29) is 17.1 Å². The number of carbonyl (C=O) groups is 4. The van der Waals surface area contributed by atoms with Gasteiger partial charge in [-0.05, 0) is 29.0 Å². The summed E-state index contributed by atoms with van der Waals surface area (Å²) >= 11 is 0. The predicted octanol–water partition coefficient (Wildman–Crippen LogP) is 2.35. The van der Waals surface area contributed by atoms with E-state index in [9.17, 15) is 29.3 Å². The van der Waals surface area contributed by atoms with Crippen LogP contribution in [-0.4, -0.2) is 53.3 Å². The fraction of sp³-hybridized carbons (Fsp3) is 0.200. The highest BCUT2D eigenvalue weighted by Gasteiger charge is 2.45. The molecule has 1 saturated heterocycles. The third-order valence-electron chi connectivity index (χ3n) is 5.72. The Balaban J connectivity index is 1.47. The Morgan fingerprint density at radius 1 is 1.11 bits per heavy atom. The van der Waals surface area contributed by atoms with E-state index in [1.165, 1.54) is 13.2 Å². The number of hydrazine groups is 1. The van der Waals surface area contributed by atoms with Gasteiger partial charge in [0.25, 0.3) is 17.5 Å². The molecule has 1 heterocycles. The molecule has 1 unspecified atom stereocenters. The molecule has 12 heteroatoms. The third-order valence-corrected chi connectivity index (χ3v) is 5.72. The Hall–Kier alpha value is -5.00. The van der Waals surface area contributed by atoms with Gasteiger partial charge in [0.05, 0.1) is 30.2 Å². The lowest BCUT2D eigenvalue weighted by Crippen LogP contribution is -2.54. The molecular weight excluding hydrogens is 484 g/mol. The largest absolute Gasteiger partial charge is 0.494 e. The van der Waals surface area contributed by atoms with Gasteiger partial charge >= 0.3 is 0 Å². The third kappa shape index (κ3) is 5.17. The van der Waals surface area contributed by atoms with E-state index in [2.05, 4.69) is 5.43 Å². The minimum absolute atomic E-state index is 0.0138. The zero-order valence-electron chi connectivity index (χ0n) is 19.9. The second-order valence-corrected chi connectivity index (χ2v) is 8.12. The van der Waals surface area contributed by atoms with Crippen molar-refractivity contribution in [2.24, 2.45) is 0 Å². The molecule has 1 aliphatic rings. The molecule has 37 heavy (non-hydrogen) atoms. The van der Waals surface area contributed by atoms with Crippen LogP contribution in [0.1, 0.15) is 13.3 Å². The molecule has 1 N–H and O–H groups in total. The van der Waals surface area contributed by atoms with Gasteiger partial charge in [-0.2, -0.15) is 0 Å². The average molecular weight is 506 g/mol. The fourth-order valence-corrected chi connectivity index (χ4v) is 3.98. The van der Waals surface area contributed by atoms with Crippen molar-refractivity contribution in [3.63, 3.8) is 0 Å². The quantitative estimate of drug-likeness (QED) is 0.292. The number of hydrogen-bond acceptors (Lipinski definition) is 8.